The largest absolute Gasteiger partial charge is 0.484 e. The summed E-state index contributed by atoms with van der Waals surface area (Å²) in [6, 6.07) is 14.3. The molecular weight excluding hydrogens is 392 g/mol. The van der Waals surface area contributed by atoms with E-state index in [2.05, 4.69) is 0 Å². The Morgan fingerprint density at radius 1 is 1.10 bits per heavy atom. The van der Waals surface area contributed by atoms with Gasteiger partial charge in [-0.3, -0.25) is 4.79 Å². The van der Waals surface area contributed by atoms with Crippen LogP contribution in [0.4, 0.5) is 0 Å². The van der Waals surface area contributed by atoms with Crippen LogP contribution in [0.5, 0.6) is 11.5 Å². The normalized spacial score (nSPS) is 31.0. The summed E-state index contributed by atoms with van der Waals surface area (Å²) < 4.78 is 22.3. The fraction of sp³-hybridized carbons (Fsp3) is 0.409. The molecule has 2 aromatic rings. The average Bonchev–Trinajstić information content (AvgIpc) is 2.77. The van der Waals surface area contributed by atoms with Crippen LogP contribution in [0.25, 0.3) is 0 Å². The minimum Gasteiger partial charge on any atom is -0.484 e. The van der Waals surface area contributed by atoms with Crippen molar-refractivity contribution in [1.82, 2.24) is 0 Å². The highest BCUT2D eigenvalue weighted by atomic mass is 16.7. The van der Waals surface area contributed by atoms with Crippen LogP contribution in [0.1, 0.15) is 28.4 Å². The predicted octanol–water partition coefficient (Wildman–Crippen LogP) is 1.23. The second-order valence-corrected chi connectivity index (χ2v) is 7.33. The Hall–Kier alpha value is -2.49. The Balaban J connectivity index is 1.51. The van der Waals surface area contributed by atoms with Gasteiger partial charge in [-0.05, 0) is 23.8 Å². The number of aliphatic hydroxyl groups excluding tert-OH is 3. The third kappa shape index (κ3) is 3.92. The molecule has 0 unspecified atom stereocenters. The zero-order chi connectivity index (χ0) is 21.3. The molecule has 6 atom stereocenters. The van der Waals surface area contributed by atoms with E-state index < -0.39 is 37.3 Å². The molecule has 3 N–H and O–H groups in total. The van der Waals surface area contributed by atoms with Gasteiger partial charge in [0.1, 0.15) is 42.0 Å². The van der Waals surface area contributed by atoms with Gasteiger partial charge >= 0.3 is 0 Å². The molecule has 2 aromatic carbocycles. The summed E-state index contributed by atoms with van der Waals surface area (Å²) >= 11 is 0. The van der Waals surface area contributed by atoms with E-state index in [-0.39, 0.29) is 24.1 Å². The molecule has 0 amide bonds. The molecule has 0 aliphatic carbocycles. The molecule has 160 valence electrons. The van der Waals surface area contributed by atoms with Gasteiger partial charge in [0.05, 0.1) is 18.6 Å². The topological polar surface area (TPSA) is 115 Å². The van der Waals surface area contributed by atoms with E-state index >= 15 is 0 Å². The second-order valence-electron chi connectivity index (χ2n) is 7.33. The Bertz CT molecular complexity index is 884. The number of hydrogen-bond acceptors (Lipinski definition) is 8. The van der Waals surface area contributed by atoms with Crippen LogP contribution < -0.4 is 9.47 Å². The minimum atomic E-state index is -1.40. The number of ether oxygens (including phenoxy) is 4. The van der Waals surface area contributed by atoms with Crippen molar-refractivity contribution in [3.63, 3.8) is 0 Å². The van der Waals surface area contributed by atoms with Gasteiger partial charge in [-0.25, -0.2) is 0 Å². The molecule has 8 heteroatoms. The molecule has 2 aliphatic rings. The molecule has 4 rings (SSSR count). The zero-order valence-electron chi connectivity index (χ0n) is 16.4. The molecule has 8 nitrogen and oxygen atoms in total. The first-order chi connectivity index (χ1) is 14.5. The van der Waals surface area contributed by atoms with E-state index in [1.807, 2.05) is 30.3 Å². The highest BCUT2D eigenvalue weighted by molar-refractivity contribution is 6.00. The maximum atomic E-state index is 12.7. The lowest BCUT2D eigenvalue weighted by Gasteiger charge is -2.41. The maximum absolute atomic E-state index is 12.7. The highest BCUT2D eigenvalue weighted by Crippen LogP contribution is 2.37. The zero-order valence-corrected chi connectivity index (χ0v) is 16.4. The summed E-state index contributed by atoms with van der Waals surface area (Å²) in [5, 5.41) is 30.0. The number of fused-ring (bicyclic) bond motifs is 1. The predicted molar refractivity (Wildman–Crippen MR) is 104 cm³/mol. The van der Waals surface area contributed by atoms with Crippen LogP contribution >= 0.6 is 0 Å². The van der Waals surface area contributed by atoms with Gasteiger partial charge in [-0.15, -0.1) is 0 Å². The van der Waals surface area contributed by atoms with Crippen molar-refractivity contribution in [2.24, 2.45) is 0 Å². The van der Waals surface area contributed by atoms with E-state index in [0.29, 0.717) is 11.3 Å². The quantitative estimate of drug-likeness (QED) is 0.667. The van der Waals surface area contributed by atoms with E-state index in [1.165, 1.54) is 13.2 Å². The van der Waals surface area contributed by atoms with Crippen LogP contribution in [-0.4, -0.2) is 65.5 Å². The number of carbonyl (C=O) groups is 1. The summed E-state index contributed by atoms with van der Waals surface area (Å²) in [7, 11) is 1.35. The van der Waals surface area contributed by atoms with Crippen molar-refractivity contribution in [2.75, 3.05) is 13.7 Å². The molecule has 1 fully saturated rings. The van der Waals surface area contributed by atoms with Crippen molar-refractivity contribution < 1.29 is 39.1 Å². The third-order valence-electron chi connectivity index (χ3n) is 5.41. The van der Waals surface area contributed by atoms with Crippen molar-refractivity contribution in [2.45, 2.75) is 43.2 Å². The standard InChI is InChI=1S/C22H24O8/c1-27-21-18(11-23)30-22(20(26)19(21)25)28-13-7-8-16-14(9-13)15(24)10-17(29-16)12-5-3-2-4-6-12/h2-9,17-23,25-26H,10-11H2,1H3/t17-,18-,19-,20-,21-,22-/m1/s1. The first-order valence-corrected chi connectivity index (χ1v) is 9.72. The van der Waals surface area contributed by atoms with Gasteiger partial charge in [0.15, 0.2) is 5.78 Å². The number of rotatable bonds is 5. The molecule has 2 heterocycles. The Kier molecular flexibility index (Phi) is 6.03. The van der Waals surface area contributed by atoms with E-state index in [4.69, 9.17) is 18.9 Å². The summed E-state index contributed by atoms with van der Waals surface area (Å²) in [5.41, 5.74) is 1.30. The fourth-order valence-corrected chi connectivity index (χ4v) is 3.81. The maximum Gasteiger partial charge on any atom is 0.229 e. The Morgan fingerprint density at radius 3 is 2.57 bits per heavy atom. The van der Waals surface area contributed by atoms with E-state index in [0.717, 1.165) is 5.56 Å². The van der Waals surface area contributed by atoms with Crippen LogP contribution in [0.2, 0.25) is 0 Å². The van der Waals surface area contributed by atoms with Gasteiger partial charge in [0.25, 0.3) is 0 Å². The number of hydrogen-bond donors (Lipinski definition) is 3. The van der Waals surface area contributed by atoms with E-state index in [1.54, 1.807) is 12.1 Å². The highest BCUT2D eigenvalue weighted by Gasteiger charge is 2.46. The number of ketones is 1. The lowest BCUT2D eigenvalue weighted by Crippen LogP contribution is -2.60. The van der Waals surface area contributed by atoms with Crippen LogP contribution in [-0.2, 0) is 9.47 Å². The molecule has 2 aliphatic heterocycles. The molecule has 0 spiro atoms. The summed E-state index contributed by atoms with van der Waals surface area (Å²) in [4.78, 5) is 12.7. The molecule has 1 saturated heterocycles. The number of aliphatic hydroxyl groups is 3. The molecular formula is C22H24O8. The van der Waals surface area contributed by atoms with Crippen LogP contribution in [0, 0.1) is 0 Å². The molecule has 0 saturated carbocycles. The Labute approximate surface area is 173 Å². The van der Waals surface area contributed by atoms with Crippen LogP contribution in [0.15, 0.2) is 48.5 Å². The molecule has 0 radical (unpaired) electrons. The smallest absolute Gasteiger partial charge is 0.229 e. The molecule has 0 bridgehead atoms. The SMILES string of the molecule is CO[C@H]1[C@H](O)[C@@H](O)[C@H](Oc2ccc3c(c2)C(=O)C[C@H](c2ccccc2)O3)O[C@@H]1CO. The molecule has 30 heavy (non-hydrogen) atoms. The lowest BCUT2D eigenvalue weighted by molar-refractivity contribution is -0.281. The minimum absolute atomic E-state index is 0.0895. The van der Waals surface area contributed by atoms with Crippen molar-refractivity contribution >= 4 is 5.78 Å². The molecule has 0 aromatic heterocycles. The first kappa shape index (κ1) is 20.8. The van der Waals surface area contributed by atoms with Gasteiger partial charge in [-0.2, -0.15) is 0 Å². The van der Waals surface area contributed by atoms with Crippen molar-refractivity contribution in [3.05, 3.63) is 59.7 Å². The number of methoxy groups -OCH3 is 1. The monoisotopic (exact) mass is 416 g/mol. The number of benzene rings is 2. The first-order valence-electron chi connectivity index (χ1n) is 9.72. The fourth-order valence-electron chi connectivity index (χ4n) is 3.81. The van der Waals surface area contributed by atoms with E-state index in [9.17, 15) is 20.1 Å². The van der Waals surface area contributed by atoms with Gasteiger partial charge < -0.3 is 34.3 Å². The van der Waals surface area contributed by atoms with Crippen molar-refractivity contribution in [1.29, 1.82) is 0 Å². The number of carbonyl (C=O) groups excluding carboxylic acids is 1. The second kappa shape index (κ2) is 8.71. The number of Topliss-reactive ketones (excluding diaryl/α,β-unsaturated/α-hetero) is 1. The summed E-state index contributed by atoms with van der Waals surface area (Å²) in [6.07, 6.45) is -5.86. The average molecular weight is 416 g/mol. The van der Waals surface area contributed by atoms with Crippen molar-refractivity contribution in [3.8, 4) is 11.5 Å². The van der Waals surface area contributed by atoms with Gasteiger partial charge in [0, 0.05) is 7.11 Å². The van der Waals surface area contributed by atoms with Gasteiger partial charge in [0.2, 0.25) is 6.29 Å². The lowest BCUT2D eigenvalue weighted by atomic mass is 9.96. The summed E-state index contributed by atoms with van der Waals surface area (Å²) in [6.45, 7) is -0.417. The summed E-state index contributed by atoms with van der Waals surface area (Å²) in [5.74, 6) is 0.631. The third-order valence-corrected chi connectivity index (χ3v) is 5.41. The van der Waals surface area contributed by atoms with Crippen LogP contribution in [0.3, 0.4) is 0 Å². The van der Waals surface area contributed by atoms with Gasteiger partial charge in [-0.1, -0.05) is 30.3 Å². The Morgan fingerprint density at radius 2 is 1.87 bits per heavy atom.